The zero-order valence-electron chi connectivity index (χ0n) is 20.1. The lowest BCUT2D eigenvalue weighted by molar-refractivity contribution is -0.136. The van der Waals surface area contributed by atoms with Crippen LogP contribution in [-0.2, 0) is 10.2 Å². The van der Waals surface area contributed by atoms with Gasteiger partial charge in [0.15, 0.2) is 0 Å². The van der Waals surface area contributed by atoms with Gasteiger partial charge < -0.3 is 20.0 Å². The largest absolute Gasteiger partial charge is 0.371 e. The van der Waals surface area contributed by atoms with Crippen LogP contribution in [0.5, 0.6) is 0 Å². The number of piperidine rings is 1. The standard InChI is InChI=1S/C27H37FN4O/c1-4-5-24(10-11-25-29-15-19-30(25)3)32-16-12-21(20-32)26(33)31-17-13-27(2,14-18-31)22-6-8-23(28)9-7-22/h5-11,15,19,21,25,29H,4,12-14,16-18,20H2,1-3H3/b11-10-,24-5-. The molecule has 33 heavy (non-hydrogen) atoms. The number of carbonyl (C=O) groups excluding carboxylic acids is 1. The van der Waals surface area contributed by atoms with E-state index in [-0.39, 0.29) is 23.3 Å². The lowest BCUT2D eigenvalue weighted by Crippen LogP contribution is -2.46. The predicted octanol–water partition coefficient (Wildman–Crippen LogP) is 4.21. The van der Waals surface area contributed by atoms with Gasteiger partial charge in [-0.1, -0.05) is 32.1 Å². The van der Waals surface area contributed by atoms with E-state index >= 15 is 0 Å². The van der Waals surface area contributed by atoms with Gasteiger partial charge >= 0.3 is 0 Å². The van der Waals surface area contributed by atoms with E-state index < -0.39 is 0 Å². The number of rotatable bonds is 6. The van der Waals surface area contributed by atoms with Crippen LogP contribution in [0.1, 0.15) is 45.1 Å². The predicted molar refractivity (Wildman–Crippen MR) is 131 cm³/mol. The van der Waals surface area contributed by atoms with E-state index in [9.17, 15) is 9.18 Å². The topological polar surface area (TPSA) is 38.8 Å². The first kappa shape index (κ1) is 23.4. The third-order valence-corrected chi connectivity index (χ3v) is 7.50. The van der Waals surface area contributed by atoms with Crippen molar-refractivity contribution in [3.8, 4) is 0 Å². The van der Waals surface area contributed by atoms with Crippen molar-refractivity contribution in [1.82, 2.24) is 20.0 Å². The van der Waals surface area contributed by atoms with Crippen molar-refractivity contribution in [2.75, 3.05) is 33.2 Å². The first-order valence-electron chi connectivity index (χ1n) is 12.2. The molecule has 2 unspecified atom stereocenters. The number of hydrogen-bond donors (Lipinski definition) is 1. The van der Waals surface area contributed by atoms with Crippen LogP contribution in [0.25, 0.3) is 0 Å². The molecule has 1 aromatic carbocycles. The molecule has 4 rings (SSSR count). The molecule has 2 fully saturated rings. The lowest BCUT2D eigenvalue weighted by Gasteiger charge is -2.40. The summed E-state index contributed by atoms with van der Waals surface area (Å²) in [4.78, 5) is 19.9. The van der Waals surface area contributed by atoms with Crippen LogP contribution in [0.3, 0.4) is 0 Å². The van der Waals surface area contributed by atoms with Crippen LogP contribution >= 0.6 is 0 Å². The van der Waals surface area contributed by atoms with E-state index in [0.717, 1.165) is 51.9 Å². The van der Waals surface area contributed by atoms with Gasteiger partial charge in [-0.2, -0.15) is 0 Å². The fraction of sp³-hybridized carbons (Fsp3) is 0.519. The van der Waals surface area contributed by atoms with Gasteiger partial charge in [0.05, 0.1) is 5.92 Å². The molecular weight excluding hydrogens is 415 g/mol. The summed E-state index contributed by atoms with van der Waals surface area (Å²) in [6.07, 6.45) is 14.5. The molecule has 0 aliphatic carbocycles. The first-order chi connectivity index (χ1) is 15.9. The molecule has 6 heteroatoms. The second kappa shape index (κ2) is 10.0. The third kappa shape index (κ3) is 5.26. The zero-order chi connectivity index (χ0) is 23.4. The van der Waals surface area contributed by atoms with E-state index in [4.69, 9.17) is 0 Å². The Balaban J connectivity index is 1.33. The van der Waals surface area contributed by atoms with E-state index in [0.29, 0.717) is 5.91 Å². The van der Waals surface area contributed by atoms with E-state index in [1.54, 1.807) is 12.1 Å². The van der Waals surface area contributed by atoms with Crippen molar-refractivity contribution in [3.63, 3.8) is 0 Å². The van der Waals surface area contributed by atoms with E-state index in [2.05, 4.69) is 59.1 Å². The molecule has 0 aromatic heterocycles. The number of allylic oxidation sites excluding steroid dienone is 2. The fourth-order valence-electron chi connectivity index (χ4n) is 5.18. The van der Waals surface area contributed by atoms with Gasteiger partial charge in [0.1, 0.15) is 12.0 Å². The molecule has 3 aliphatic rings. The first-order valence-corrected chi connectivity index (χ1v) is 12.2. The van der Waals surface area contributed by atoms with E-state index in [1.165, 1.54) is 11.3 Å². The lowest BCUT2D eigenvalue weighted by atomic mass is 9.74. The van der Waals surface area contributed by atoms with Crippen LogP contribution in [0.2, 0.25) is 0 Å². The number of carbonyl (C=O) groups is 1. The second-order valence-corrected chi connectivity index (χ2v) is 9.81. The summed E-state index contributed by atoms with van der Waals surface area (Å²) in [6.45, 7) is 7.63. The molecule has 0 spiro atoms. The second-order valence-electron chi connectivity index (χ2n) is 9.81. The Hall–Kier alpha value is -2.76. The van der Waals surface area contributed by atoms with Gasteiger partial charge in [0.25, 0.3) is 0 Å². The highest BCUT2D eigenvalue weighted by Gasteiger charge is 2.37. The summed E-state index contributed by atoms with van der Waals surface area (Å²) in [7, 11) is 2.05. The van der Waals surface area contributed by atoms with Crippen molar-refractivity contribution < 1.29 is 9.18 Å². The molecule has 0 radical (unpaired) electrons. The summed E-state index contributed by atoms with van der Waals surface area (Å²) in [5.41, 5.74) is 2.38. The fourth-order valence-corrected chi connectivity index (χ4v) is 5.18. The SMILES string of the molecule is CC/C=C(/C=C\C1NC=CN1C)N1CCC(C(=O)N2CCC(C)(c3ccc(F)cc3)CC2)C1. The highest BCUT2D eigenvalue weighted by molar-refractivity contribution is 5.79. The van der Waals surface area contributed by atoms with Crippen LogP contribution in [0.15, 0.2) is 60.6 Å². The highest BCUT2D eigenvalue weighted by Crippen LogP contribution is 2.36. The average Bonchev–Trinajstić information content (AvgIpc) is 3.46. The quantitative estimate of drug-likeness (QED) is 0.657. The van der Waals surface area contributed by atoms with Crippen molar-refractivity contribution in [2.45, 2.75) is 51.1 Å². The monoisotopic (exact) mass is 452 g/mol. The molecule has 2 saturated heterocycles. The van der Waals surface area contributed by atoms with Gasteiger partial charge in [0.2, 0.25) is 5.91 Å². The molecule has 1 aromatic rings. The molecule has 5 nitrogen and oxygen atoms in total. The molecule has 3 heterocycles. The van der Waals surface area contributed by atoms with Gasteiger partial charge in [-0.3, -0.25) is 4.79 Å². The van der Waals surface area contributed by atoms with Gasteiger partial charge in [-0.25, -0.2) is 4.39 Å². The van der Waals surface area contributed by atoms with Crippen LogP contribution < -0.4 is 5.32 Å². The summed E-state index contributed by atoms with van der Waals surface area (Å²) < 4.78 is 13.3. The minimum atomic E-state index is -0.199. The smallest absolute Gasteiger partial charge is 0.227 e. The van der Waals surface area contributed by atoms with Crippen molar-refractivity contribution in [1.29, 1.82) is 0 Å². The van der Waals surface area contributed by atoms with Crippen molar-refractivity contribution in [2.24, 2.45) is 5.92 Å². The normalized spacial score (nSPS) is 25.2. The minimum absolute atomic E-state index is 0.00428. The zero-order valence-corrected chi connectivity index (χ0v) is 20.1. The Morgan fingerprint density at radius 2 is 1.91 bits per heavy atom. The number of nitrogens with one attached hydrogen (secondary N) is 1. The maximum atomic E-state index is 13.3. The molecular formula is C27H37FN4O. The third-order valence-electron chi connectivity index (χ3n) is 7.50. The Morgan fingerprint density at radius 1 is 1.18 bits per heavy atom. The number of nitrogens with zero attached hydrogens (tertiary/aromatic N) is 3. The summed E-state index contributed by atoms with van der Waals surface area (Å²) in [6, 6.07) is 6.87. The van der Waals surface area contributed by atoms with Gasteiger partial charge in [0, 0.05) is 51.3 Å². The molecule has 1 amide bonds. The summed E-state index contributed by atoms with van der Waals surface area (Å²) in [5.74, 6) is 0.151. The summed E-state index contributed by atoms with van der Waals surface area (Å²) >= 11 is 0. The van der Waals surface area contributed by atoms with Gasteiger partial charge in [-0.05, 0) is 60.9 Å². The molecule has 0 bridgehead atoms. The molecule has 2 atom stereocenters. The van der Waals surface area contributed by atoms with Gasteiger partial charge in [-0.15, -0.1) is 0 Å². The number of likely N-dealkylation sites (tertiary alicyclic amines) is 2. The Kier molecular flexibility index (Phi) is 7.11. The number of benzene rings is 1. The Morgan fingerprint density at radius 3 is 2.55 bits per heavy atom. The highest BCUT2D eigenvalue weighted by atomic mass is 19.1. The molecule has 3 aliphatic heterocycles. The van der Waals surface area contributed by atoms with E-state index in [1.807, 2.05) is 24.5 Å². The average molecular weight is 453 g/mol. The van der Waals surface area contributed by atoms with Crippen LogP contribution in [0.4, 0.5) is 4.39 Å². The van der Waals surface area contributed by atoms with Crippen molar-refractivity contribution >= 4 is 5.91 Å². The molecule has 0 saturated carbocycles. The van der Waals surface area contributed by atoms with Crippen LogP contribution in [0, 0.1) is 11.7 Å². The molecule has 178 valence electrons. The number of amides is 1. The summed E-state index contributed by atoms with van der Waals surface area (Å²) in [5, 5.41) is 3.32. The van der Waals surface area contributed by atoms with Crippen molar-refractivity contribution in [3.05, 3.63) is 72.0 Å². The number of halogens is 1. The minimum Gasteiger partial charge on any atom is -0.371 e. The Labute approximate surface area is 197 Å². The number of hydrogen-bond acceptors (Lipinski definition) is 4. The van der Waals surface area contributed by atoms with Crippen LogP contribution in [-0.4, -0.2) is 60.0 Å². The molecule has 1 N–H and O–H groups in total. The maximum Gasteiger partial charge on any atom is 0.227 e. The number of likely N-dealkylation sites (N-methyl/N-ethyl adjacent to an activating group) is 1. The Bertz CT molecular complexity index is 915. The maximum absolute atomic E-state index is 13.3.